The Morgan fingerprint density at radius 3 is 2.39 bits per heavy atom. The van der Waals surface area contributed by atoms with E-state index in [-0.39, 0.29) is 90.9 Å². The number of likely N-dealkylation sites (tertiary alicyclic amines) is 1. The number of pyridine rings is 2. The molecule has 414 valence electrons. The van der Waals surface area contributed by atoms with Crippen LogP contribution in [-0.4, -0.2) is 146 Å². The summed E-state index contributed by atoms with van der Waals surface area (Å²) in [6, 6.07) is 4.71. The van der Waals surface area contributed by atoms with Crippen molar-refractivity contribution in [2.45, 2.75) is 177 Å². The predicted octanol–water partition coefficient (Wildman–Crippen LogP) is 5.73. The van der Waals surface area contributed by atoms with Crippen LogP contribution in [0.25, 0.3) is 0 Å². The number of hydrogen-bond acceptors (Lipinski definition) is 12. The molecule has 3 aliphatic carbocycles. The minimum atomic E-state index is -4.52. The van der Waals surface area contributed by atoms with Gasteiger partial charge in [-0.3, -0.25) is 33.9 Å². The van der Waals surface area contributed by atoms with Crippen LogP contribution in [0.2, 0.25) is 0 Å². The van der Waals surface area contributed by atoms with E-state index in [2.05, 4.69) is 31.2 Å². The van der Waals surface area contributed by atoms with Gasteiger partial charge in [-0.15, -0.1) is 0 Å². The third-order valence-corrected chi connectivity index (χ3v) is 16.8. The molecule has 20 heteroatoms. The number of carbonyl (C=O) groups is 5. The van der Waals surface area contributed by atoms with Crippen LogP contribution in [0, 0.1) is 17.3 Å². The van der Waals surface area contributed by atoms with Gasteiger partial charge in [0.2, 0.25) is 29.5 Å². The number of halogens is 3. The first-order chi connectivity index (χ1) is 36.2. The number of carbonyl (C=O) groups excluding carboxylic acids is 5. The Balaban J connectivity index is 0.682. The van der Waals surface area contributed by atoms with Gasteiger partial charge in [0, 0.05) is 121 Å². The van der Waals surface area contributed by atoms with Gasteiger partial charge < -0.3 is 50.0 Å². The van der Waals surface area contributed by atoms with E-state index in [9.17, 15) is 37.1 Å². The van der Waals surface area contributed by atoms with Crippen LogP contribution in [0.4, 0.5) is 13.2 Å². The van der Waals surface area contributed by atoms with Crippen molar-refractivity contribution in [3.63, 3.8) is 0 Å². The van der Waals surface area contributed by atoms with E-state index in [1.54, 1.807) is 36.4 Å². The molecule has 0 aromatic carbocycles. The summed E-state index contributed by atoms with van der Waals surface area (Å²) in [5.41, 5.74) is 0.407. The number of nitrogens with one attached hydrogen (secondary N) is 4. The number of alkyl halides is 3. The molecule has 2 aromatic rings. The fourth-order valence-corrected chi connectivity index (χ4v) is 12.6. The van der Waals surface area contributed by atoms with Crippen LogP contribution in [0.5, 0.6) is 0 Å². The van der Waals surface area contributed by atoms with Crippen LogP contribution >= 0.6 is 0 Å². The highest BCUT2D eigenvalue weighted by Crippen LogP contribution is 2.46. The fraction of sp³-hybridized carbons (Fsp3) is 0.727. The van der Waals surface area contributed by atoms with Gasteiger partial charge in [-0.25, -0.2) is 0 Å². The number of methoxy groups -OCH3 is 1. The summed E-state index contributed by atoms with van der Waals surface area (Å²) in [5.74, 6) is -0.829. The number of fused-ring (bicyclic) bond motifs is 1. The van der Waals surface area contributed by atoms with E-state index in [0.29, 0.717) is 122 Å². The van der Waals surface area contributed by atoms with E-state index in [4.69, 9.17) is 18.9 Å². The molecule has 2 aromatic heterocycles. The van der Waals surface area contributed by atoms with Crippen LogP contribution in [0.3, 0.4) is 0 Å². The topological polar surface area (TPSA) is 203 Å². The number of rotatable bonds is 22. The first-order valence-corrected chi connectivity index (χ1v) is 27.6. The molecule has 0 bridgehead atoms. The highest BCUT2D eigenvalue weighted by molar-refractivity contribution is 5.90. The second kappa shape index (κ2) is 26.5. The Morgan fingerprint density at radius 1 is 0.893 bits per heavy atom. The molecule has 3 aliphatic heterocycles. The Hall–Kier alpha value is -4.76. The standard InChI is InChI=1S/C55H79F3N8O9/c1-65-49(68)30-44(50(65)37-7-5-22-59-32-37)52(70)61-24-28-75-43-15-13-42(14-16-43)74-26-6-8-48(67)64-40-11-9-36(10-12-40)51(69)60-23-4-3-20-54(21-17-41(31-54)63-46-19-27-73-35-47(46)72-2)53(71)66-25-18-45-38(34-66)29-39(33-62-45)55(56,57)58/h5,7,22,29,32-33,36,40-44,46-47,50,63H,3-4,6,8-21,23-28,30-31,34-35H2,1-2H3,(H,60,69)(H,61,70)(H,64,67)/t36-,40-,41-,42-,43+,44+,46+,47-,50-,54+/m1/s1. The molecule has 5 amide bonds. The third kappa shape index (κ3) is 15.0. The largest absolute Gasteiger partial charge is 0.417 e. The molecule has 0 radical (unpaired) electrons. The average molecular weight is 1050 g/mol. The van der Waals surface area contributed by atoms with Crippen LogP contribution in [-0.2, 0) is 62.1 Å². The van der Waals surface area contributed by atoms with Gasteiger partial charge in [0.05, 0.1) is 54.5 Å². The molecule has 0 spiro atoms. The summed E-state index contributed by atoms with van der Waals surface area (Å²) in [5, 5.41) is 13.0. The van der Waals surface area contributed by atoms with Crippen molar-refractivity contribution in [2.75, 3.05) is 60.2 Å². The van der Waals surface area contributed by atoms with E-state index in [1.165, 1.54) is 0 Å². The number of unbranched alkanes of at least 4 members (excludes halogenated alkanes) is 1. The van der Waals surface area contributed by atoms with Gasteiger partial charge in [0.25, 0.3) is 0 Å². The van der Waals surface area contributed by atoms with Gasteiger partial charge in [-0.05, 0) is 120 Å². The van der Waals surface area contributed by atoms with Crippen LogP contribution in [0.15, 0.2) is 36.8 Å². The fourth-order valence-electron chi connectivity index (χ4n) is 12.6. The smallest absolute Gasteiger partial charge is 0.379 e. The van der Waals surface area contributed by atoms with Crippen molar-refractivity contribution in [3.8, 4) is 0 Å². The first kappa shape index (κ1) is 56.4. The molecule has 3 saturated carbocycles. The Bertz CT molecular complexity index is 2230. The van der Waals surface area contributed by atoms with Gasteiger partial charge >= 0.3 is 6.18 Å². The van der Waals surface area contributed by atoms with E-state index >= 15 is 0 Å². The van der Waals surface area contributed by atoms with Gasteiger partial charge in [0.15, 0.2) is 0 Å². The molecular weight excluding hydrogens is 974 g/mol. The van der Waals surface area contributed by atoms with E-state index in [1.807, 2.05) is 12.1 Å². The predicted molar refractivity (Wildman–Crippen MR) is 270 cm³/mol. The second-order valence-electron chi connectivity index (χ2n) is 21.9. The molecule has 4 N–H and O–H groups in total. The monoisotopic (exact) mass is 1050 g/mol. The van der Waals surface area contributed by atoms with Gasteiger partial charge in [-0.2, -0.15) is 13.2 Å². The SMILES string of the molecule is CO[C@@H]1COCC[C@@H]1N[C@@H]1CC[C@](CCCCNC(=O)[C@H]2CC[C@H](NC(=O)CCCO[C@H]3CC[C@@H](OCCNC(=O)[C@H]4CC(=O)N(C)[C@@H]4c4cccnc4)CC3)CC2)(C(=O)N2CCc3ncc(C(F)(F)F)cc3C2)C1. The molecule has 2 saturated heterocycles. The van der Waals surface area contributed by atoms with Gasteiger partial charge in [0.1, 0.15) is 0 Å². The van der Waals surface area contributed by atoms with Gasteiger partial charge in [-0.1, -0.05) is 12.5 Å². The maximum Gasteiger partial charge on any atom is 0.417 e. The minimum absolute atomic E-state index is 0.00377. The molecular formula is C55H79F3N8O9. The van der Waals surface area contributed by atoms with Crippen molar-refractivity contribution < 1.29 is 56.1 Å². The lowest BCUT2D eigenvalue weighted by atomic mass is 9.78. The number of ether oxygens (including phenoxy) is 4. The third-order valence-electron chi connectivity index (χ3n) is 16.8. The number of aromatic nitrogens is 2. The highest BCUT2D eigenvalue weighted by Gasteiger charge is 2.48. The molecule has 6 aliphatic rings. The first-order valence-electron chi connectivity index (χ1n) is 27.6. The maximum atomic E-state index is 14.6. The normalized spacial score (nSPS) is 29.2. The van der Waals surface area contributed by atoms with Crippen molar-refractivity contribution >= 4 is 29.5 Å². The quantitative estimate of drug-likeness (QED) is 0.105. The van der Waals surface area contributed by atoms with Crippen molar-refractivity contribution in [2.24, 2.45) is 17.3 Å². The summed E-state index contributed by atoms with van der Waals surface area (Å²) < 4.78 is 64.4. The molecule has 75 heavy (non-hydrogen) atoms. The summed E-state index contributed by atoms with van der Waals surface area (Å²) in [4.78, 5) is 77.9. The van der Waals surface area contributed by atoms with E-state index in [0.717, 1.165) is 69.2 Å². The lowest BCUT2D eigenvalue weighted by molar-refractivity contribution is -0.144. The molecule has 8 rings (SSSR count). The Kier molecular flexibility index (Phi) is 20.0. The maximum absolute atomic E-state index is 14.6. The minimum Gasteiger partial charge on any atom is -0.379 e. The zero-order chi connectivity index (χ0) is 53.0. The van der Waals surface area contributed by atoms with Crippen LogP contribution < -0.4 is 21.3 Å². The summed E-state index contributed by atoms with van der Waals surface area (Å²) in [6.07, 6.45) is 12.6. The Labute approximate surface area is 439 Å². The zero-order valence-electron chi connectivity index (χ0n) is 43.8. The second-order valence-corrected chi connectivity index (χ2v) is 21.9. The summed E-state index contributed by atoms with van der Waals surface area (Å²) >= 11 is 0. The number of hydrogen-bond donors (Lipinski definition) is 4. The van der Waals surface area contributed by atoms with Crippen LogP contribution in [0.1, 0.15) is 144 Å². The lowest BCUT2D eigenvalue weighted by Gasteiger charge is -2.38. The average Bonchev–Trinajstić information content (AvgIpc) is 3.98. The number of nitrogens with zero attached hydrogens (tertiary/aromatic N) is 4. The molecule has 17 nitrogen and oxygen atoms in total. The molecule has 6 atom stereocenters. The van der Waals surface area contributed by atoms with E-state index < -0.39 is 23.1 Å². The highest BCUT2D eigenvalue weighted by atomic mass is 19.4. The summed E-state index contributed by atoms with van der Waals surface area (Å²) in [7, 11) is 3.40. The molecule has 0 unspecified atom stereocenters. The number of amides is 5. The Morgan fingerprint density at radius 2 is 1.65 bits per heavy atom. The summed E-state index contributed by atoms with van der Waals surface area (Å²) in [6.45, 7) is 3.39. The van der Waals surface area contributed by atoms with Crippen molar-refractivity contribution in [3.05, 3.63) is 59.2 Å². The lowest BCUT2D eigenvalue weighted by Crippen LogP contribution is -2.51. The van der Waals surface area contributed by atoms with Crippen molar-refractivity contribution in [1.82, 2.24) is 41.0 Å². The molecule has 5 heterocycles. The zero-order valence-corrected chi connectivity index (χ0v) is 43.8. The molecule has 5 fully saturated rings. The van der Waals surface area contributed by atoms with Crippen molar-refractivity contribution in [1.29, 1.82) is 0 Å².